The van der Waals surface area contributed by atoms with E-state index < -0.39 is 0 Å². The molecule has 110 valence electrons. The van der Waals surface area contributed by atoms with Gasteiger partial charge in [-0.25, -0.2) is 4.98 Å². The number of rotatable bonds is 6. The molecule has 2 N–H and O–H groups in total. The zero-order valence-electron chi connectivity index (χ0n) is 11.8. The first kappa shape index (κ1) is 16.5. The molecule has 0 aliphatic rings. The number of carbonyl (C=O) groups is 1. The van der Waals surface area contributed by atoms with Gasteiger partial charge in [-0.2, -0.15) is 0 Å². The maximum atomic E-state index is 11.8. The van der Waals surface area contributed by atoms with Gasteiger partial charge in [-0.15, -0.1) is 12.4 Å². The second-order valence-electron chi connectivity index (χ2n) is 4.42. The molecule has 0 aliphatic heterocycles. The molecule has 0 aliphatic carbocycles. The third-order valence-electron chi connectivity index (χ3n) is 3.05. The molecule has 0 spiro atoms. The van der Waals surface area contributed by atoms with Crippen LogP contribution in [0.4, 0.5) is 5.95 Å². The van der Waals surface area contributed by atoms with Crippen LogP contribution < -0.4 is 10.6 Å². The fourth-order valence-corrected chi connectivity index (χ4v) is 2.10. The summed E-state index contributed by atoms with van der Waals surface area (Å²) in [6, 6.07) is 7.91. The predicted molar refractivity (Wildman–Crippen MR) is 84.4 cm³/mol. The Morgan fingerprint density at radius 3 is 2.80 bits per heavy atom. The summed E-state index contributed by atoms with van der Waals surface area (Å²) in [5.41, 5.74) is 1.96. The zero-order chi connectivity index (χ0) is 13.7. The van der Waals surface area contributed by atoms with Crippen molar-refractivity contribution in [2.45, 2.75) is 26.3 Å². The van der Waals surface area contributed by atoms with E-state index in [0.717, 1.165) is 30.5 Å². The Hall–Kier alpha value is -1.59. The summed E-state index contributed by atoms with van der Waals surface area (Å²) in [7, 11) is 1.88. The maximum Gasteiger partial charge on any atom is 0.226 e. The lowest BCUT2D eigenvalue weighted by atomic mass is 10.3. The van der Waals surface area contributed by atoms with Crippen molar-refractivity contribution in [2.24, 2.45) is 0 Å². The van der Waals surface area contributed by atoms with Gasteiger partial charge < -0.3 is 9.88 Å². The van der Waals surface area contributed by atoms with Crippen LogP contribution in [-0.2, 0) is 11.3 Å². The fourth-order valence-electron chi connectivity index (χ4n) is 2.10. The van der Waals surface area contributed by atoms with Gasteiger partial charge in [-0.1, -0.05) is 12.1 Å². The van der Waals surface area contributed by atoms with Gasteiger partial charge in [0.05, 0.1) is 11.0 Å². The summed E-state index contributed by atoms with van der Waals surface area (Å²) in [5, 5.41) is 5.93. The molecule has 0 saturated carbocycles. The summed E-state index contributed by atoms with van der Waals surface area (Å²) < 4.78 is 2.02. The van der Waals surface area contributed by atoms with Gasteiger partial charge in [0.15, 0.2) is 0 Å². The summed E-state index contributed by atoms with van der Waals surface area (Å²) in [5.74, 6) is 0.651. The van der Waals surface area contributed by atoms with Gasteiger partial charge in [-0.05, 0) is 39.1 Å². The number of nitrogens with one attached hydrogen (secondary N) is 2. The standard InChI is InChI=1S/C14H20N4O.ClH/c1-3-18-12-8-5-4-7-11(12)16-14(18)17-13(19)9-6-10-15-2;/h4-5,7-8,15H,3,6,9-10H2,1-2H3,(H,16,17,19);1H. The van der Waals surface area contributed by atoms with Gasteiger partial charge in [-0.3, -0.25) is 10.1 Å². The lowest BCUT2D eigenvalue weighted by molar-refractivity contribution is -0.116. The third-order valence-corrected chi connectivity index (χ3v) is 3.05. The van der Waals surface area contributed by atoms with E-state index in [-0.39, 0.29) is 18.3 Å². The Morgan fingerprint density at radius 2 is 2.10 bits per heavy atom. The lowest BCUT2D eigenvalue weighted by Crippen LogP contribution is -2.17. The average molecular weight is 297 g/mol. The van der Waals surface area contributed by atoms with E-state index in [9.17, 15) is 4.79 Å². The molecule has 1 aromatic heterocycles. The van der Waals surface area contributed by atoms with Crippen LogP contribution in [0.1, 0.15) is 19.8 Å². The van der Waals surface area contributed by atoms with E-state index in [0.29, 0.717) is 12.4 Å². The summed E-state index contributed by atoms with van der Waals surface area (Å²) >= 11 is 0. The van der Waals surface area contributed by atoms with Crippen LogP contribution in [-0.4, -0.2) is 29.1 Å². The number of hydrogen-bond donors (Lipinski definition) is 2. The van der Waals surface area contributed by atoms with Crippen LogP contribution >= 0.6 is 12.4 Å². The minimum Gasteiger partial charge on any atom is -0.320 e. The van der Waals surface area contributed by atoms with E-state index in [1.54, 1.807) is 0 Å². The first-order valence-electron chi connectivity index (χ1n) is 6.66. The van der Waals surface area contributed by atoms with E-state index in [2.05, 4.69) is 15.6 Å². The highest BCUT2D eigenvalue weighted by atomic mass is 35.5. The molecule has 0 bridgehead atoms. The molecule has 1 amide bonds. The minimum atomic E-state index is 0. The highest BCUT2D eigenvalue weighted by molar-refractivity contribution is 5.91. The number of para-hydroxylation sites is 2. The molecular formula is C14H21ClN4O. The molecule has 2 aromatic rings. The van der Waals surface area contributed by atoms with Crippen LogP contribution in [0.15, 0.2) is 24.3 Å². The van der Waals surface area contributed by atoms with Crippen molar-refractivity contribution in [3.63, 3.8) is 0 Å². The van der Waals surface area contributed by atoms with Gasteiger partial charge in [0.25, 0.3) is 0 Å². The molecule has 5 nitrogen and oxygen atoms in total. The molecule has 1 aromatic carbocycles. The van der Waals surface area contributed by atoms with Crippen LogP contribution in [0.25, 0.3) is 11.0 Å². The van der Waals surface area contributed by atoms with Crippen LogP contribution in [0.3, 0.4) is 0 Å². The molecule has 1 heterocycles. The molecular weight excluding hydrogens is 276 g/mol. The van der Waals surface area contributed by atoms with Crippen LogP contribution in [0.2, 0.25) is 0 Å². The highest BCUT2D eigenvalue weighted by Crippen LogP contribution is 2.19. The van der Waals surface area contributed by atoms with E-state index in [1.165, 1.54) is 0 Å². The summed E-state index contributed by atoms with van der Waals surface area (Å²) in [4.78, 5) is 16.3. The van der Waals surface area contributed by atoms with Crippen molar-refractivity contribution in [1.82, 2.24) is 14.9 Å². The Bertz CT molecular complexity index is 567. The zero-order valence-corrected chi connectivity index (χ0v) is 12.7. The topological polar surface area (TPSA) is 59.0 Å². The van der Waals surface area contributed by atoms with Gasteiger partial charge in [0, 0.05) is 13.0 Å². The number of hydrogen-bond acceptors (Lipinski definition) is 3. The van der Waals surface area contributed by atoms with Crippen LogP contribution in [0.5, 0.6) is 0 Å². The first-order valence-corrected chi connectivity index (χ1v) is 6.66. The van der Waals surface area contributed by atoms with Gasteiger partial charge in [0.1, 0.15) is 0 Å². The predicted octanol–water partition coefficient (Wildman–Crippen LogP) is 2.42. The molecule has 0 unspecified atom stereocenters. The molecule has 0 atom stereocenters. The second kappa shape index (κ2) is 7.87. The van der Waals surface area contributed by atoms with Crippen molar-refractivity contribution in [3.8, 4) is 0 Å². The monoisotopic (exact) mass is 296 g/mol. The maximum absolute atomic E-state index is 11.8. The summed E-state index contributed by atoms with van der Waals surface area (Å²) in [6.07, 6.45) is 1.34. The number of halogens is 1. The summed E-state index contributed by atoms with van der Waals surface area (Å²) in [6.45, 7) is 3.68. The number of benzene rings is 1. The third kappa shape index (κ3) is 3.71. The Balaban J connectivity index is 0.00000200. The van der Waals surface area contributed by atoms with Crippen molar-refractivity contribution >= 4 is 35.3 Å². The number of imidazole rings is 1. The molecule has 0 saturated heterocycles. The fraction of sp³-hybridized carbons (Fsp3) is 0.429. The molecule has 0 fully saturated rings. The molecule has 0 radical (unpaired) electrons. The quantitative estimate of drug-likeness (QED) is 0.805. The van der Waals surface area contributed by atoms with Gasteiger partial charge in [0.2, 0.25) is 11.9 Å². The molecule has 2 rings (SSSR count). The van der Waals surface area contributed by atoms with Crippen molar-refractivity contribution < 1.29 is 4.79 Å². The van der Waals surface area contributed by atoms with Crippen molar-refractivity contribution in [1.29, 1.82) is 0 Å². The molecule has 6 heteroatoms. The number of fused-ring (bicyclic) bond motifs is 1. The Morgan fingerprint density at radius 1 is 1.35 bits per heavy atom. The Labute approximate surface area is 125 Å². The lowest BCUT2D eigenvalue weighted by Gasteiger charge is -2.07. The average Bonchev–Trinajstić information content (AvgIpc) is 2.76. The normalized spacial score (nSPS) is 10.3. The SMILES string of the molecule is CCn1c(NC(=O)CCCNC)nc2ccccc21.Cl. The largest absolute Gasteiger partial charge is 0.320 e. The van der Waals surface area contributed by atoms with Crippen molar-refractivity contribution in [2.75, 3.05) is 18.9 Å². The number of nitrogens with zero attached hydrogens (tertiary/aromatic N) is 2. The molecule has 20 heavy (non-hydrogen) atoms. The number of anilines is 1. The van der Waals surface area contributed by atoms with E-state index in [1.807, 2.05) is 42.8 Å². The van der Waals surface area contributed by atoms with Crippen molar-refractivity contribution in [3.05, 3.63) is 24.3 Å². The van der Waals surface area contributed by atoms with Crippen LogP contribution in [0, 0.1) is 0 Å². The second-order valence-corrected chi connectivity index (χ2v) is 4.42. The Kier molecular flexibility index (Phi) is 6.48. The minimum absolute atomic E-state index is 0. The first-order chi connectivity index (χ1) is 9.26. The van der Waals surface area contributed by atoms with Gasteiger partial charge >= 0.3 is 0 Å². The van der Waals surface area contributed by atoms with E-state index in [4.69, 9.17) is 0 Å². The number of carbonyl (C=O) groups excluding carboxylic acids is 1. The number of amides is 1. The number of aromatic nitrogens is 2. The number of aryl methyl sites for hydroxylation is 1. The smallest absolute Gasteiger partial charge is 0.226 e. The van der Waals surface area contributed by atoms with E-state index >= 15 is 0 Å². The highest BCUT2D eigenvalue weighted by Gasteiger charge is 2.11.